The quantitative estimate of drug-likeness (QED) is 0.627. The van der Waals surface area contributed by atoms with E-state index in [0.29, 0.717) is 42.6 Å². The van der Waals surface area contributed by atoms with Gasteiger partial charge in [0, 0.05) is 30.6 Å². The van der Waals surface area contributed by atoms with Gasteiger partial charge in [-0.3, -0.25) is 4.79 Å². The summed E-state index contributed by atoms with van der Waals surface area (Å²) < 4.78 is 44.2. The number of sulfonamides is 1. The van der Waals surface area contributed by atoms with Crippen molar-refractivity contribution in [3.05, 3.63) is 53.1 Å². The topological polar surface area (TPSA) is 82.1 Å². The lowest BCUT2D eigenvalue weighted by atomic mass is 9.98. The van der Waals surface area contributed by atoms with Crippen LogP contribution in [-0.2, 0) is 26.2 Å². The molecule has 31 heavy (non-hydrogen) atoms. The Bertz CT molecular complexity index is 1030. The normalized spacial score (nSPS) is 17.7. The number of rotatable bonds is 5. The van der Waals surface area contributed by atoms with Crippen molar-refractivity contribution in [1.29, 1.82) is 0 Å². The van der Waals surface area contributed by atoms with Crippen LogP contribution in [-0.4, -0.2) is 45.0 Å². The van der Waals surface area contributed by atoms with Crippen molar-refractivity contribution in [2.75, 3.05) is 26.3 Å². The van der Waals surface area contributed by atoms with Crippen molar-refractivity contribution < 1.29 is 27.4 Å². The second-order valence-electron chi connectivity index (χ2n) is 7.57. The summed E-state index contributed by atoms with van der Waals surface area (Å²) >= 11 is 5.86. The van der Waals surface area contributed by atoms with Gasteiger partial charge in [0.1, 0.15) is 6.61 Å². The third-order valence-electron chi connectivity index (χ3n) is 5.44. The lowest BCUT2D eigenvalue weighted by molar-refractivity contribution is -0.151. The molecule has 4 rings (SSSR count). The smallest absolute Gasteiger partial charge is 0.309 e. The molecule has 2 aliphatic heterocycles. The zero-order chi connectivity index (χ0) is 21.8. The Morgan fingerprint density at radius 2 is 1.71 bits per heavy atom. The van der Waals surface area contributed by atoms with Gasteiger partial charge in [0.2, 0.25) is 10.0 Å². The maximum Gasteiger partial charge on any atom is 0.309 e. The third kappa shape index (κ3) is 5.14. The molecule has 0 N–H and O–H groups in total. The Kier molecular flexibility index (Phi) is 6.69. The van der Waals surface area contributed by atoms with E-state index >= 15 is 0 Å². The van der Waals surface area contributed by atoms with Crippen molar-refractivity contribution >= 4 is 27.6 Å². The standard InChI is InChI=1S/C22H24ClNO6S/c23-18-4-2-16(3-5-18)15-30-22(25)17-8-10-24(11-9-17)31(26,27)19-6-7-20-21(14-19)29-13-1-12-28-20/h2-7,14,17H,1,8-13,15H2. The lowest BCUT2D eigenvalue weighted by Gasteiger charge is -2.30. The van der Waals surface area contributed by atoms with Crippen LogP contribution in [0.3, 0.4) is 0 Å². The maximum atomic E-state index is 13.1. The molecule has 1 saturated heterocycles. The van der Waals surface area contributed by atoms with E-state index in [-0.39, 0.29) is 36.5 Å². The number of carbonyl (C=O) groups excluding carboxylic acids is 1. The maximum absolute atomic E-state index is 13.1. The molecule has 2 aromatic carbocycles. The first-order valence-corrected chi connectivity index (χ1v) is 12.1. The zero-order valence-electron chi connectivity index (χ0n) is 17.0. The predicted octanol–water partition coefficient (Wildman–Crippen LogP) is 3.65. The van der Waals surface area contributed by atoms with Crippen molar-refractivity contribution in [3.8, 4) is 11.5 Å². The second-order valence-corrected chi connectivity index (χ2v) is 9.95. The van der Waals surface area contributed by atoms with Crippen molar-refractivity contribution in [1.82, 2.24) is 4.31 Å². The van der Waals surface area contributed by atoms with E-state index in [1.54, 1.807) is 30.3 Å². The largest absolute Gasteiger partial charge is 0.490 e. The first-order valence-electron chi connectivity index (χ1n) is 10.2. The summed E-state index contributed by atoms with van der Waals surface area (Å²) in [7, 11) is -3.68. The minimum atomic E-state index is -3.68. The Morgan fingerprint density at radius 3 is 2.42 bits per heavy atom. The average molecular weight is 466 g/mol. The lowest BCUT2D eigenvalue weighted by Crippen LogP contribution is -2.40. The summed E-state index contributed by atoms with van der Waals surface area (Å²) in [6.07, 6.45) is 1.59. The zero-order valence-corrected chi connectivity index (χ0v) is 18.5. The molecular formula is C22H24ClNO6S. The Labute approximate surface area is 186 Å². The first-order chi connectivity index (χ1) is 14.9. The monoisotopic (exact) mass is 465 g/mol. The predicted molar refractivity (Wildman–Crippen MR) is 115 cm³/mol. The van der Waals surface area contributed by atoms with Crippen LogP contribution < -0.4 is 9.47 Å². The summed E-state index contributed by atoms with van der Waals surface area (Å²) in [6, 6.07) is 11.8. The molecule has 0 radical (unpaired) electrons. The van der Waals surface area contributed by atoms with Gasteiger partial charge < -0.3 is 14.2 Å². The van der Waals surface area contributed by atoms with E-state index in [0.717, 1.165) is 12.0 Å². The van der Waals surface area contributed by atoms with Crippen LogP contribution in [0.4, 0.5) is 0 Å². The number of ether oxygens (including phenoxy) is 3. The molecule has 7 nitrogen and oxygen atoms in total. The summed E-state index contributed by atoms with van der Waals surface area (Å²) in [6.45, 7) is 1.72. The number of benzene rings is 2. The number of halogens is 1. The highest BCUT2D eigenvalue weighted by Crippen LogP contribution is 2.34. The van der Waals surface area contributed by atoms with Gasteiger partial charge >= 0.3 is 5.97 Å². The van der Waals surface area contributed by atoms with Gasteiger partial charge in [0.15, 0.2) is 11.5 Å². The molecule has 166 valence electrons. The SMILES string of the molecule is O=C(OCc1ccc(Cl)cc1)C1CCN(S(=O)(=O)c2ccc3c(c2)OCCCO3)CC1. The van der Waals surface area contributed by atoms with Gasteiger partial charge in [-0.1, -0.05) is 23.7 Å². The van der Waals surface area contributed by atoms with Gasteiger partial charge in [-0.2, -0.15) is 4.31 Å². The average Bonchev–Trinajstić information content (AvgIpc) is 3.03. The molecule has 2 aliphatic rings. The van der Waals surface area contributed by atoms with E-state index < -0.39 is 10.0 Å². The molecule has 0 unspecified atom stereocenters. The van der Waals surface area contributed by atoms with Crippen LogP contribution in [0.15, 0.2) is 47.4 Å². The summed E-state index contributed by atoms with van der Waals surface area (Å²) in [5.74, 6) is 0.378. The van der Waals surface area contributed by atoms with E-state index in [1.807, 2.05) is 0 Å². The Balaban J connectivity index is 1.35. The molecule has 0 amide bonds. The number of esters is 1. The molecule has 0 bridgehead atoms. The van der Waals surface area contributed by atoms with Crippen LogP contribution in [0.1, 0.15) is 24.8 Å². The molecule has 0 aliphatic carbocycles. The highest BCUT2D eigenvalue weighted by molar-refractivity contribution is 7.89. The second kappa shape index (κ2) is 9.46. The van der Waals surface area contributed by atoms with E-state index in [1.165, 1.54) is 16.4 Å². The number of hydrogen-bond acceptors (Lipinski definition) is 6. The molecule has 0 atom stereocenters. The molecule has 0 spiro atoms. The number of carbonyl (C=O) groups is 1. The Morgan fingerprint density at radius 1 is 1.03 bits per heavy atom. The fourth-order valence-electron chi connectivity index (χ4n) is 3.64. The van der Waals surface area contributed by atoms with Gasteiger partial charge in [-0.25, -0.2) is 8.42 Å². The minimum absolute atomic E-state index is 0.167. The fraction of sp³-hybridized carbons (Fsp3) is 0.409. The molecule has 2 aromatic rings. The van der Waals surface area contributed by atoms with Crippen LogP contribution in [0.5, 0.6) is 11.5 Å². The molecule has 0 aromatic heterocycles. The van der Waals surface area contributed by atoms with Crippen molar-refractivity contribution in [2.45, 2.75) is 30.8 Å². The molecule has 0 saturated carbocycles. The number of piperidine rings is 1. The van der Waals surface area contributed by atoms with Gasteiger partial charge in [-0.05, 0) is 42.7 Å². The van der Waals surface area contributed by atoms with Crippen molar-refractivity contribution in [2.24, 2.45) is 5.92 Å². The Hall–Kier alpha value is -2.29. The fourth-order valence-corrected chi connectivity index (χ4v) is 5.25. The highest BCUT2D eigenvalue weighted by Gasteiger charge is 2.33. The number of fused-ring (bicyclic) bond motifs is 1. The molecular weight excluding hydrogens is 442 g/mol. The molecule has 9 heteroatoms. The van der Waals surface area contributed by atoms with E-state index in [2.05, 4.69) is 0 Å². The van der Waals surface area contributed by atoms with Crippen LogP contribution in [0.25, 0.3) is 0 Å². The minimum Gasteiger partial charge on any atom is -0.490 e. The van der Waals surface area contributed by atoms with E-state index in [9.17, 15) is 13.2 Å². The summed E-state index contributed by atoms with van der Waals surface area (Å²) in [4.78, 5) is 12.6. The van der Waals surface area contributed by atoms with Crippen molar-refractivity contribution in [3.63, 3.8) is 0 Å². The molecule has 1 fully saturated rings. The van der Waals surface area contributed by atoms with E-state index in [4.69, 9.17) is 25.8 Å². The van der Waals surface area contributed by atoms with Gasteiger partial charge in [-0.15, -0.1) is 0 Å². The summed E-state index contributed by atoms with van der Waals surface area (Å²) in [5, 5.41) is 0.622. The summed E-state index contributed by atoms with van der Waals surface area (Å²) in [5.41, 5.74) is 0.854. The van der Waals surface area contributed by atoms with Crippen LogP contribution in [0.2, 0.25) is 5.02 Å². The first kappa shape index (κ1) is 21.9. The van der Waals surface area contributed by atoms with Crippen LogP contribution in [0, 0.1) is 5.92 Å². The molecule has 2 heterocycles. The number of hydrogen-bond donors (Lipinski definition) is 0. The van der Waals surface area contributed by atoms with Crippen LogP contribution >= 0.6 is 11.6 Å². The number of nitrogens with zero attached hydrogens (tertiary/aromatic N) is 1. The van der Waals surface area contributed by atoms with Gasteiger partial charge in [0.05, 0.1) is 24.0 Å². The van der Waals surface area contributed by atoms with Gasteiger partial charge in [0.25, 0.3) is 0 Å². The third-order valence-corrected chi connectivity index (χ3v) is 7.58. The highest BCUT2D eigenvalue weighted by atomic mass is 35.5.